The van der Waals surface area contributed by atoms with Gasteiger partial charge in [-0.2, -0.15) is 0 Å². The van der Waals surface area contributed by atoms with Gasteiger partial charge in [-0.15, -0.1) is 0 Å². The van der Waals surface area contributed by atoms with Crippen LogP contribution < -0.4 is 4.74 Å². The molecule has 2 aliphatic heterocycles. The van der Waals surface area contributed by atoms with Crippen LogP contribution in [-0.2, 0) is 25.5 Å². The molecule has 0 unspecified atom stereocenters. The van der Waals surface area contributed by atoms with Crippen LogP contribution in [-0.4, -0.2) is 73.8 Å². The van der Waals surface area contributed by atoms with Gasteiger partial charge in [-0.05, 0) is 57.2 Å². The third kappa shape index (κ3) is 5.34. The number of phenolic OH excluding ortho intramolecular Hbond substituents is 1. The molecule has 3 aliphatic rings. The molecule has 0 aromatic heterocycles. The Morgan fingerprint density at radius 2 is 1.84 bits per heavy atom. The van der Waals surface area contributed by atoms with Crippen molar-refractivity contribution < 1.29 is 49.3 Å². The van der Waals surface area contributed by atoms with Crippen LogP contribution in [0.15, 0.2) is 23.8 Å². The lowest BCUT2D eigenvalue weighted by molar-refractivity contribution is -0.285. The fourth-order valence-corrected chi connectivity index (χ4v) is 5.64. The Bertz CT molecular complexity index is 1060. The lowest BCUT2D eigenvalue weighted by atomic mass is 9.67. The standard InChI is InChI=1S/C27H36O10/c1-4-5-6-7-13-10-17(28)19-15-12-14(8-9-16(15)27(2,3)37-18(19)11-13)25(34)36-26-22(31)20(29)21(30)23(35-26)24(32)33/h10-12,15-16,20-23,26,28-31H,4-9H2,1-3H3,(H,32,33)/t15-,16-,20+,21+,22+,23-,26+/m1/s1. The van der Waals surface area contributed by atoms with Crippen LogP contribution in [0, 0.1) is 5.92 Å². The number of allylic oxidation sites excluding steroid dienone is 1. The number of carboxylic acids is 1. The molecule has 0 bridgehead atoms. The molecule has 1 saturated heterocycles. The van der Waals surface area contributed by atoms with E-state index in [1.807, 2.05) is 19.9 Å². The van der Waals surface area contributed by atoms with Crippen LogP contribution in [0.4, 0.5) is 0 Å². The van der Waals surface area contributed by atoms with Gasteiger partial charge in [0.05, 0.1) is 0 Å². The number of carbonyl (C=O) groups excluding carboxylic acids is 1. The SMILES string of the molecule is CCCCCc1cc(O)c2c(c1)OC(C)(C)[C@@H]1CCC(C(=O)O[C@@H]3O[C@@H](C(=O)O)[C@@H](O)[C@H](O)[C@@H]3O)=C[C@@H]21. The van der Waals surface area contributed by atoms with E-state index in [2.05, 4.69) is 6.92 Å². The summed E-state index contributed by atoms with van der Waals surface area (Å²) in [6, 6.07) is 3.70. The van der Waals surface area contributed by atoms with Gasteiger partial charge in [0.25, 0.3) is 0 Å². The molecule has 10 heteroatoms. The first-order valence-corrected chi connectivity index (χ1v) is 12.8. The molecule has 1 fully saturated rings. The summed E-state index contributed by atoms with van der Waals surface area (Å²) < 4.78 is 16.7. The van der Waals surface area contributed by atoms with Crippen LogP contribution in [0.5, 0.6) is 11.5 Å². The van der Waals surface area contributed by atoms with Crippen molar-refractivity contribution in [3.63, 3.8) is 0 Å². The Morgan fingerprint density at radius 3 is 2.51 bits per heavy atom. The molecule has 5 N–H and O–H groups in total. The highest BCUT2D eigenvalue weighted by Gasteiger charge is 2.50. The first-order valence-electron chi connectivity index (χ1n) is 12.8. The highest BCUT2D eigenvalue weighted by atomic mass is 16.7. The zero-order valence-electron chi connectivity index (χ0n) is 21.3. The highest BCUT2D eigenvalue weighted by Crippen LogP contribution is 2.53. The molecular formula is C27H36O10. The molecule has 2 heterocycles. The van der Waals surface area contributed by atoms with Gasteiger partial charge in [0.15, 0.2) is 6.10 Å². The number of hydrogen-bond acceptors (Lipinski definition) is 9. The molecule has 1 aromatic carbocycles. The largest absolute Gasteiger partial charge is 0.507 e. The van der Waals surface area contributed by atoms with E-state index in [0.717, 1.165) is 31.2 Å². The van der Waals surface area contributed by atoms with E-state index >= 15 is 0 Å². The van der Waals surface area contributed by atoms with Gasteiger partial charge >= 0.3 is 11.9 Å². The third-order valence-electron chi connectivity index (χ3n) is 7.69. The number of phenols is 1. The number of ether oxygens (including phenoxy) is 3. The van der Waals surface area contributed by atoms with E-state index in [9.17, 15) is 35.1 Å². The molecule has 1 aliphatic carbocycles. The molecule has 0 saturated carbocycles. The minimum Gasteiger partial charge on any atom is -0.507 e. The summed E-state index contributed by atoms with van der Waals surface area (Å²) in [6.45, 7) is 6.10. The summed E-state index contributed by atoms with van der Waals surface area (Å²) in [5.41, 5.74) is 1.30. The van der Waals surface area contributed by atoms with Crippen LogP contribution in [0.2, 0.25) is 0 Å². The molecule has 0 amide bonds. The van der Waals surface area contributed by atoms with E-state index in [-0.39, 0.29) is 23.2 Å². The second-order valence-corrected chi connectivity index (χ2v) is 10.7. The summed E-state index contributed by atoms with van der Waals surface area (Å²) in [5.74, 6) is -2.08. The van der Waals surface area contributed by atoms with Crippen molar-refractivity contribution in [3.8, 4) is 11.5 Å². The van der Waals surface area contributed by atoms with Crippen molar-refractivity contribution in [3.05, 3.63) is 34.9 Å². The minimum absolute atomic E-state index is 0.0294. The Morgan fingerprint density at radius 1 is 1.11 bits per heavy atom. The van der Waals surface area contributed by atoms with Crippen molar-refractivity contribution >= 4 is 11.9 Å². The van der Waals surface area contributed by atoms with Crippen molar-refractivity contribution in [2.75, 3.05) is 0 Å². The van der Waals surface area contributed by atoms with Crippen molar-refractivity contribution in [2.24, 2.45) is 5.92 Å². The van der Waals surface area contributed by atoms with Crippen molar-refractivity contribution in [2.45, 2.75) is 102 Å². The molecule has 0 spiro atoms. The molecule has 37 heavy (non-hydrogen) atoms. The van der Waals surface area contributed by atoms with E-state index < -0.39 is 48.2 Å². The number of aliphatic carboxylic acids is 1. The fourth-order valence-electron chi connectivity index (χ4n) is 5.64. The minimum atomic E-state index is -1.88. The van der Waals surface area contributed by atoms with Gasteiger partial charge < -0.3 is 39.7 Å². The number of aromatic hydroxyl groups is 1. The normalized spacial score (nSPS) is 32.4. The second-order valence-electron chi connectivity index (χ2n) is 10.7. The lowest BCUT2D eigenvalue weighted by Gasteiger charge is -2.46. The van der Waals surface area contributed by atoms with Gasteiger partial charge in [0, 0.05) is 23.0 Å². The monoisotopic (exact) mass is 520 g/mol. The number of carboxylic acid groups (broad SMARTS) is 1. The topological polar surface area (TPSA) is 163 Å². The maximum atomic E-state index is 13.0. The Balaban J connectivity index is 1.59. The van der Waals surface area contributed by atoms with Gasteiger partial charge in [0.2, 0.25) is 6.29 Å². The van der Waals surface area contributed by atoms with E-state index in [0.29, 0.717) is 24.2 Å². The number of aliphatic hydroxyl groups excluding tert-OH is 3. The summed E-state index contributed by atoms with van der Waals surface area (Å²) in [4.78, 5) is 24.4. The molecule has 10 nitrogen and oxygen atoms in total. The number of benzene rings is 1. The predicted octanol–water partition coefficient (Wildman–Crippen LogP) is 2.15. The van der Waals surface area contributed by atoms with Crippen LogP contribution in [0.3, 0.4) is 0 Å². The Kier molecular flexibility index (Phi) is 7.85. The Labute approximate surface area is 215 Å². The second kappa shape index (κ2) is 10.6. The molecular weight excluding hydrogens is 484 g/mol. The smallest absolute Gasteiger partial charge is 0.336 e. The average Bonchev–Trinajstić information content (AvgIpc) is 2.83. The average molecular weight is 521 g/mol. The summed E-state index contributed by atoms with van der Waals surface area (Å²) >= 11 is 0. The number of carbonyl (C=O) groups is 2. The maximum Gasteiger partial charge on any atom is 0.336 e. The third-order valence-corrected chi connectivity index (χ3v) is 7.69. The zero-order chi connectivity index (χ0) is 27.1. The van der Waals surface area contributed by atoms with Gasteiger partial charge in [-0.3, -0.25) is 0 Å². The molecule has 1 aromatic rings. The summed E-state index contributed by atoms with van der Waals surface area (Å²) in [7, 11) is 0. The van der Waals surface area contributed by atoms with E-state index in [1.165, 1.54) is 0 Å². The lowest BCUT2D eigenvalue weighted by Crippen LogP contribution is -2.60. The van der Waals surface area contributed by atoms with Crippen molar-refractivity contribution in [1.29, 1.82) is 0 Å². The van der Waals surface area contributed by atoms with E-state index in [4.69, 9.17) is 14.2 Å². The summed E-state index contributed by atoms with van der Waals surface area (Å²) in [6.07, 6.45) is -2.61. The number of fused-ring (bicyclic) bond motifs is 3. The molecule has 4 rings (SSSR count). The van der Waals surface area contributed by atoms with Gasteiger partial charge in [-0.1, -0.05) is 25.8 Å². The van der Waals surface area contributed by atoms with Crippen LogP contribution in [0.25, 0.3) is 0 Å². The zero-order valence-corrected chi connectivity index (χ0v) is 21.3. The first-order chi connectivity index (χ1) is 17.4. The van der Waals surface area contributed by atoms with Crippen LogP contribution >= 0.6 is 0 Å². The number of rotatable bonds is 7. The highest BCUT2D eigenvalue weighted by molar-refractivity contribution is 5.89. The number of aliphatic hydroxyl groups is 3. The number of aryl methyl sites for hydroxylation is 1. The molecule has 0 radical (unpaired) electrons. The number of unbranched alkanes of at least 4 members (excludes halogenated alkanes) is 2. The number of esters is 1. The number of hydrogen-bond donors (Lipinski definition) is 5. The predicted molar refractivity (Wildman–Crippen MR) is 130 cm³/mol. The maximum absolute atomic E-state index is 13.0. The quantitative estimate of drug-likeness (QED) is 0.266. The van der Waals surface area contributed by atoms with Crippen LogP contribution in [0.1, 0.15) is 69.9 Å². The summed E-state index contributed by atoms with van der Waals surface area (Å²) in [5, 5.41) is 50.3. The fraction of sp³-hybridized carbons (Fsp3) is 0.630. The first kappa shape index (κ1) is 27.4. The van der Waals surface area contributed by atoms with Crippen molar-refractivity contribution in [1.82, 2.24) is 0 Å². The Hall–Kier alpha value is -2.66. The van der Waals surface area contributed by atoms with E-state index in [1.54, 1.807) is 12.1 Å². The van der Waals surface area contributed by atoms with Gasteiger partial charge in [0.1, 0.15) is 35.4 Å². The molecule has 204 valence electrons. The van der Waals surface area contributed by atoms with Gasteiger partial charge in [-0.25, -0.2) is 9.59 Å². The molecule has 7 atom stereocenters.